The fraction of sp³-hybridized carbons (Fsp3) is 0.400. The number of hydrogen-bond donors (Lipinski definition) is 2. The molecule has 8 nitrogen and oxygen atoms in total. The Morgan fingerprint density at radius 3 is 2.38 bits per heavy atom. The Balaban J connectivity index is 1.85. The number of methoxy groups -OCH3 is 1. The highest BCUT2D eigenvalue weighted by atomic mass is 32.2. The summed E-state index contributed by atoms with van der Waals surface area (Å²) in [4.78, 5) is 10.8. The summed E-state index contributed by atoms with van der Waals surface area (Å²) in [6, 6.07) is 9.20. The normalized spacial score (nSPS) is 15.4. The van der Waals surface area contributed by atoms with Gasteiger partial charge in [-0.05, 0) is 56.9 Å². The number of aryl methyl sites for hydroxylation is 2. The molecule has 0 saturated heterocycles. The third-order valence-corrected chi connectivity index (χ3v) is 6.76. The summed E-state index contributed by atoms with van der Waals surface area (Å²) in [7, 11) is -2.34. The summed E-state index contributed by atoms with van der Waals surface area (Å²) in [6.07, 6.45) is 2.83. The van der Waals surface area contributed by atoms with Crippen molar-refractivity contribution in [2.75, 3.05) is 23.7 Å². The highest BCUT2D eigenvalue weighted by Crippen LogP contribution is 2.36. The Bertz CT molecular complexity index is 1030. The third kappa shape index (κ3) is 4.51. The van der Waals surface area contributed by atoms with Crippen LogP contribution in [0.2, 0.25) is 0 Å². The molecule has 2 aromatic rings. The van der Waals surface area contributed by atoms with Crippen LogP contribution < -0.4 is 10.0 Å². The number of nitrogens with one attached hydrogen (secondary N) is 2. The molecule has 0 aliphatic heterocycles. The molecule has 0 bridgehead atoms. The van der Waals surface area contributed by atoms with Crippen LogP contribution in [0.25, 0.3) is 0 Å². The molecule has 29 heavy (non-hydrogen) atoms. The Morgan fingerprint density at radius 1 is 1.14 bits per heavy atom. The van der Waals surface area contributed by atoms with Crippen LogP contribution >= 0.6 is 0 Å². The van der Waals surface area contributed by atoms with Gasteiger partial charge in [0.25, 0.3) is 15.7 Å². The van der Waals surface area contributed by atoms with E-state index >= 15 is 0 Å². The second-order valence-corrected chi connectivity index (χ2v) is 9.14. The maximum atomic E-state index is 12.8. The summed E-state index contributed by atoms with van der Waals surface area (Å²) >= 11 is 0. The Hall–Kier alpha value is -2.65. The lowest BCUT2D eigenvalue weighted by Gasteiger charge is -2.40. The molecule has 2 N–H and O–H groups in total. The van der Waals surface area contributed by atoms with Crippen molar-refractivity contribution >= 4 is 27.1 Å². The van der Waals surface area contributed by atoms with E-state index in [1.54, 1.807) is 26.2 Å². The van der Waals surface area contributed by atoms with E-state index in [9.17, 15) is 18.5 Å². The van der Waals surface area contributed by atoms with E-state index in [0.717, 1.165) is 36.5 Å². The minimum Gasteiger partial charge on any atom is -0.377 e. The summed E-state index contributed by atoms with van der Waals surface area (Å²) in [5.41, 5.74) is 1.88. The lowest BCUT2D eigenvalue weighted by atomic mass is 9.80. The molecule has 0 atom stereocenters. The van der Waals surface area contributed by atoms with E-state index in [4.69, 9.17) is 4.74 Å². The highest BCUT2D eigenvalue weighted by Gasteiger charge is 2.37. The van der Waals surface area contributed by atoms with Gasteiger partial charge in [0, 0.05) is 19.7 Å². The predicted molar refractivity (Wildman–Crippen MR) is 112 cm³/mol. The molecular weight excluding hydrogens is 394 g/mol. The average molecular weight is 420 g/mol. The van der Waals surface area contributed by atoms with E-state index in [0.29, 0.717) is 12.2 Å². The van der Waals surface area contributed by atoms with Crippen molar-refractivity contribution in [3.8, 4) is 0 Å². The molecule has 0 aromatic heterocycles. The molecule has 1 fully saturated rings. The van der Waals surface area contributed by atoms with Crippen molar-refractivity contribution in [3.05, 3.63) is 57.6 Å². The molecule has 1 aliphatic carbocycles. The number of ether oxygens (including phenoxy) is 1. The van der Waals surface area contributed by atoms with Gasteiger partial charge in [-0.2, -0.15) is 0 Å². The Morgan fingerprint density at radius 2 is 1.83 bits per heavy atom. The zero-order chi connectivity index (χ0) is 21.2. The van der Waals surface area contributed by atoms with E-state index in [1.165, 1.54) is 12.1 Å². The molecule has 3 rings (SSSR count). The van der Waals surface area contributed by atoms with Crippen LogP contribution in [-0.2, 0) is 14.8 Å². The van der Waals surface area contributed by atoms with Gasteiger partial charge in [-0.15, -0.1) is 0 Å². The van der Waals surface area contributed by atoms with Gasteiger partial charge in [-0.25, -0.2) is 8.42 Å². The summed E-state index contributed by atoms with van der Waals surface area (Å²) < 4.78 is 33.6. The summed E-state index contributed by atoms with van der Waals surface area (Å²) in [6.45, 7) is 4.14. The SMILES string of the molecule is COC1(CNc2ccc(S(=O)(=O)Nc3ccc(C)cc3C)cc2[N+](=O)[O-])CCC1. The van der Waals surface area contributed by atoms with Gasteiger partial charge in [0.2, 0.25) is 0 Å². The maximum Gasteiger partial charge on any atom is 0.293 e. The average Bonchev–Trinajstić information content (AvgIpc) is 2.63. The van der Waals surface area contributed by atoms with Crippen LogP contribution in [0.1, 0.15) is 30.4 Å². The van der Waals surface area contributed by atoms with Crippen molar-refractivity contribution < 1.29 is 18.1 Å². The minimum atomic E-state index is -3.97. The fourth-order valence-corrected chi connectivity index (χ4v) is 4.54. The summed E-state index contributed by atoms with van der Waals surface area (Å²) in [5, 5.41) is 14.6. The molecule has 156 valence electrons. The molecule has 0 radical (unpaired) electrons. The van der Waals surface area contributed by atoms with Gasteiger partial charge >= 0.3 is 0 Å². The standard InChI is InChI=1S/C20H25N3O5S/c1-14-5-7-17(15(2)11-14)22-29(26,27)16-6-8-18(19(12-16)23(24)25)21-13-20(28-3)9-4-10-20/h5-8,11-12,21-22H,4,9-10,13H2,1-3H3. The molecule has 1 aliphatic rings. The van der Waals surface area contributed by atoms with Crippen LogP contribution in [-0.4, -0.2) is 32.6 Å². The van der Waals surface area contributed by atoms with Gasteiger partial charge in [0.05, 0.1) is 21.1 Å². The van der Waals surface area contributed by atoms with Crippen LogP contribution in [0.3, 0.4) is 0 Å². The molecular formula is C20H25N3O5S. The maximum absolute atomic E-state index is 12.8. The molecule has 0 unspecified atom stereocenters. The second kappa shape index (κ2) is 8.00. The van der Waals surface area contributed by atoms with Crippen molar-refractivity contribution in [3.63, 3.8) is 0 Å². The van der Waals surface area contributed by atoms with Gasteiger partial charge in [0.1, 0.15) is 5.69 Å². The number of sulfonamides is 1. The number of hydrogen-bond acceptors (Lipinski definition) is 6. The number of nitro benzene ring substituents is 1. The van der Waals surface area contributed by atoms with Gasteiger partial charge in [0.15, 0.2) is 0 Å². The van der Waals surface area contributed by atoms with Crippen molar-refractivity contribution in [1.29, 1.82) is 0 Å². The van der Waals surface area contributed by atoms with Gasteiger partial charge in [-0.3, -0.25) is 14.8 Å². The van der Waals surface area contributed by atoms with Crippen molar-refractivity contribution in [2.24, 2.45) is 0 Å². The van der Waals surface area contributed by atoms with Crippen molar-refractivity contribution in [2.45, 2.75) is 43.6 Å². The smallest absolute Gasteiger partial charge is 0.293 e. The number of anilines is 2. The van der Waals surface area contributed by atoms with E-state index in [1.807, 2.05) is 13.0 Å². The third-order valence-electron chi connectivity index (χ3n) is 5.40. The summed E-state index contributed by atoms with van der Waals surface area (Å²) in [5.74, 6) is 0. The first-order valence-electron chi connectivity index (χ1n) is 9.33. The van der Waals surface area contributed by atoms with Crippen LogP contribution in [0.15, 0.2) is 41.3 Å². The first-order chi connectivity index (χ1) is 13.7. The van der Waals surface area contributed by atoms with Crippen LogP contribution in [0, 0.1) is 24.0 Å². The highest BCUT2D eigenvalue weighted by molar-refractivity contribution is 7.92. The lowest BCUT2D eigenvalue weighted by molar-refractivity contribution is -0.384. The number of benzene rings is 2. The molecule has 2 aromatic carbocycles. The van der Waals surface area contributed by atoms with Gasteiger partial charge < -0.3 is 10.1 Å². The van der Waals surface area contributed by atoms with Crippen LogP contribution in [0.5, 0.6) is 0 Å². The van der Waals surface area contributed by atoms with Gasteiger partial charge in [-0.1, -0.05) is 17.7 Å². The van der Waals surface area contributed by atoms with Crippen LogP contribution in [0.4, 0.5) is 17.1 Å². The predicted octanol–water partition coefficient (Wildman–Crippen LogP) is 3.99. The monoisotopic (exact) mass is 419 g/mol. The number of nitro groups is 1. The molecule has 0 amide bonds. The topological polar surface area (TPSA) is 111 Å². The first-order valence-corrected chi connectivity index (χ1v) is 10.8. The Labute approximate surface area is 170 Å². The van der Waals surface area contributed by atoms with E-state index in [2.05, 4.69) is 10.0 Å². The Kier molecular flexibility index (Phi) is 5.81. The number of nitrogens with zero attached hydrogens (tertiary/aromatic N) is 1. The van der Waals surface area contributed by atoms with E-state index in [-0.39, 0.29) is 21.9 Å². The second-order valence-electron chi connectivity index (χ2n) is 7.45. The molecule has 0 heterocycles. The fourth-order valence-electron chi connectivity index (χ4n) is 3.39. The zero-order valence-electron chi connectivity index (χ0n) is 16.7. The number of rotatable bonds is 8. The largest absolute Gasteiger partial charge is 0.377 e. The quantitative estimate of drug-likeness (QED) is 0.494. The molecule has 1 saturated carbocycles. The molecule has 9 heteroatoms. The van der Waals surface area contributed by atoms with Crippen molar-refractivity contribution in [1.82, 2.24) is 0 Å². The lowest BCUT2D eigenvalue weighted by Crippen LogP contribution is -2.45. The van der Waals surface area contributed by atoms with E-state index < -0.39 is 14.9 Å². The minimum absolute atomic E-state index is 0.167. The first kappa shape index (κ1) is 21.1. The zero-order valence-corrected chi connectivity index (χ0v) is 17.5. The molecule has 0 spiro atoms.